The molecule has 0 saturated carbocycles. The van der Waals surface area contributed by atoms with Crippen molar-refractivity contribution in [3.05, 3.63) is 97.5 Å². The van der Waals surface area contributed by atoms with E-state index in [1.54, 1.807) is 18.2 Å². The second-order valence-corrected chi connectivity index (χ2v) is 6.82. The first kappa shape index (κ1) is 15.8. The zero-order valence-electron chi connectivity index (χ0n) is 13.5. The Morgan fingerprint density at radius 1 is 0.720 bits per heavy atom. The monoisotopic (exact) mass is 391 g/mol. The third-order valence-electron chi connectivity index (χ3n) is 4.41. The summed E-state index contributed by atoms with van der Waals surface area (Å²) < 4.78 is 2.20. The molecule has 0 unspecified atom stereocenters. The second kappa shape index (κ2) is 5.97. The van der Waals surface area contributed by atoms with Gasteiger partial charge in [0.1, 0.15) is 0 Å². The standard InChI is InChI=1S/C21H14BrNO2/c1-13-12-14(10-11-19(13)22)23-20(24)17-8-4-2-6-15(17)16-7-3-5-9-18(16)21(23)25/h2-12H,1H3. The predicted molar refractivity (Wildman–Crippen MR) is 106 cm³/mol. The van der Waals surface area contributed by atoms with Gasteiger partial charge in [-0.15, -0.1) is 0 Å². The Balaban J connectivity index is 2.31. The van der Waals surface area contributed by atoms with E-state index in [1.165, 1.54) is 4.57 Å². The molecule has 3 nitrogen and oxygen atoms in total. The topological polar surface area (TPSA) is 39.1 Å². The molecule has 0 radical (unpaired) electrons. The number of hydrogen-bond acceptors (Lipinski definition) is 2. The Labute approximate surface area is 152 Å². The third kappa shape index (κ3) is 2.50. The number of benzene rings is 3. The van der Waals surface area contributed by atoms with Gasteiger partial charge < -0.3 is 0 Å². The zero-order valence-corrected chi connectivity index (χ0v) is 15.1. The average molecular weight is 392 g/mol. The largest absolute Gasteiger partial charge is 0.268 e. The maximum atomic E-state index is 13.2. The van der Waals surface area contributed by atoms with Crippen molar-refractivity contribution in [2.45, 2.75) is 6.92 Å². The lowest BCUT2D eigenvalue weighted by molar-refractivity contribution is 0.972. The molecule has 0 spiro atoms. The first-order valence-electron chi connectivity index (χ1n) is 7.91. The molecule has 0 amide bonds. The lowest BCUT2D eigenvalue weighted by Gasteiger charge is -2.05. The highest BCUT2D eigenvalue weighted by Crippen LogP contribution is 2.21. The van der Waals surface area contributed by atoms with Crippen molar-refractivity contribution in [2.24, 2.45) is 0 Å². The Morgan fingerprint density at radius 3 is 1.68 bits per heavy atom. The second-order valence-electron chi connectivity index (χ2n) is 5.97. The van der Waals surface area contributed by atoms with Gasteiger partial charge in [0.25, 0.3) is 11.1 Å². The number of fused-ring (bicyclic) bond motifs is 3. The molecular formula is C21H14BrNO2. The van der Waals surface area contributed by atoms with Crippen LogP contribution in [-0.4, -0.2) is 4.57 Å². The summed E-state index contributed by atoms with van der Waals surface area (Å²) in [6.07, 6.45) is 0. The number of aryl methyl sites for hydroxylation is 1. The summed E-state index contributed by atoms with van der Waals surface area (Å²) in [5.74, 6) is 0. The van der Waals surface area contributed by atoms with Crippen LogP contribution < -0.4 is 11.1 Å². The van der Waals surface area contributed by atoms with Crippen molar-refractivity contribution in [3.8, 4) is 5.69 Å². The minimum Gasteiger partial charge on any atom is -0.268 e. The molecular weight excluding hydrogens is 378 g/mol. The number of halogens is 1. The molecule has 0 atom stereocenters. The fraction of sp³-hybridized carbons (Fsp3) is 0.0476. The van der Waals surface area contributed by atoms with Gasteiger partial charge in [-0.25, -0.2) is 4.57 Å². The molecule has 1 heterocycles. The van der Waals surface area contributed by atoms with Crippen LogP contribution in [0.1, 0.15) is 5.56 Å². The van der Waals surface area contributed by atoms with Crippen LogP contribution in [-0.2, 0) is 0 Å². The predicted octanol–water partition coefficient (Wildman–Crippen LogP) is 4.58. The number of rotatable bonds is 1. The van der Waals surface area contributed by atoms with Gasteiger partial charge in [-0.3, -0.25) is 9.59 Å². The van der Waals surface area contributed by atoms with E-state index in [0.29, 0.717) is 16.5 Å². The van der Waals surface area contributed by atoms with Crippen molar-refractivity contribution in [1.82, 2.24) is 4.57 Å². The summed E-state index contributed by atoms with van der Waals surface area (Å²) in [6.45, 7) is 1.93. The van der Waals surface area contributed by atoms with Crippen LogP contribution in [0.25, 0.3) is 27.2 Å². The van der Waals surface area contributed by atoms with Crippen molar-refractivity contribution in [1.29, 1.82) is 0 Å². The summed E-state index contributed by atoms with van der Waals surface area (Å²) in [4.78, 5) is 26.4. The van der Waals surface area contributed by atoms with Crippen LogP contribution in [0.4, 0.5) is 0 Å². The summed E-state index contributed by atoms with van der Waals surface area (Å²) in [6, 6.07) is 20.2. The van der Waals surface area contributed by atoms with Gasteiger partial charge in [0.15, 0.2) is 0 Å². The van der Waals surface area contributed by atoms with Crippen molar-refractivity contribution >= 4 is 37.5 Å². The molecule has 0 aliphatic carbocycles. The third-order valence-corrected chi connectivity index (χ3v) is 5.30. The minimum absolute atomic E-state index is 0.307. The zero-order chi connectivity index (χ0) is 17.6. The first-order chi connectivity index (χ1) is 12.1. The highest BCUT2D eigenvalue weighted by molar-refractivity contribution is 9.10. The van der Waals surface area contributed by atoms with Crippen LogP contribution in [0.15, 0.2) is 80.8 Å². The number of aromatic nitrogens is 1. The molecule has 0 fully saturated rings. The fourth-order valence-electron chi connectivity index (χ4n) is 3.14. The van der Waals surface area contributed by atoms with Gasteiger partial charge >= 0.3 is 0 Å². The average Bonchev–Trinajstić information content (AvgIpc) is 2.73. The Morgan fingerprint density at radius 2 is 1.20 bits per heavy atom. The van der Waals surface area contributed by atoms with Crippen LogP contribution in [0.2, 0.25) is 0 Å². The van der Waals surface area contributed by atoms with E-state index in [-0.39, 0.29) is 11.1 Å². The molecule has 122 valence electrons. The summed E-state index contributed by atoms with van der Waals surface area (Å²) in [5, 5.41) is 2.63. The molecule has 1 aromatic heterocycles. The van der Waals surface area contributed by atoms with Gasteiger partial charge in [-0.05, 0) is 53.6 Å². The summed E-state index contributed by atoms with van der Waals surface area (Å²) in [5.41, 5.74) is 0.920. The summed E-state index contributed by atoms with van der Waals surface area (Å²) in [7, 11) is 0. The Hall–Kier alpha value is -2.72. The van der Waals surface area contributed by atoms with Gasteiger partial charge in [0, 0.05) is 15.2 Å². The lowest BCUT2D eigenvalue weighted by atomic mass is 10.1. The molecule has 0 aliphatic rings. The SMILES string of the molecule is Cc1cc(-n2c(=O)c3ccccc3c3ccccc3c2=O)ccc1Br. The van der Waals surface area contributed by atoms with Crippen molar-refractivity contribution < 1.29 is 0 Å². The molecule has 0 bridgehead atoms. The van der Waals surface area contributed by atoms with Crippen LogP contribution in [0.5, 0.6) is 0 Å². The van der Waals surface area contributed by atoms with E-state index >= 15 is 0 Å². The molecule has 3 aromatic carbocycles. The van der Waals surface area contributed by atoms with Crippen LogP contribution in [0, 0.1) is 6.92 Å². The number of nitrogens with zero attached hydrogens (tertiary/aromatic N) is 1. The molecule has 4 heteroatoms. The highest BCUT2D eigenvalue weighted by Gasteiger charge is 2.12. The Kier molecular flexibility index (Phi) is 3.77. The summed E-state index contributed by atoms with van der Waals surface area (Å²) >= 11 is 3.46. The van der Waals surface area contributed by atoms with Gasteiger partial charge in [0.05, 0.1) is 5.69 Å². The molecule has 25 heavy (non-hydrogen) atoms. The quantitative estimate of drug-likeness (QED) is 0.476. The van der Waals surface area contributed by atoms with E-state index in [2.05, 4.69) is 15.9 Å². The Bertz CT molecular complexity index is 1190. The van der Waals surface area contributed by atoms with Gasteiger partial charge in [-0.2, -0.15) is 0 Å². The molecule has 4 aromatic rings. The maximum Gasteiger partial charge on any atom is 0.265 e. The van der Waals surface area contributed by atoms with Gasteiger partial charge in [0.2, 0.25) is 0 Å². The molecule has 4 rings (SSSR count). The molecule has 0 saturated heterocycles. The van der Waals surface area contributed by atoms with E-state index in [1.807, 2.05) is 55.5 Å². The van der Waals surface area contributed by atoms with E-state index in [4.69, 9.17) is 0 Å². The minimum atomic E-state index is -0.307. The first-order valence-corrected chi connectivity index (χ1v) is 8.70. The van der Waals surface area contributed by atoms with Crippen molar-refractivity contribution in [3.63, 3.8) is 0 Å². The van der Waals surface area contributed by atoms with E-state index in [9.17, 15) is 9.59 Å². The highest BCUT2D eigenvalue weighted by atomic mass is 79.9. The van der Waals surface area contributed by atoms with Crippen molar-refractivity contribution in [2.75, 3.05) is 0 Å². The molecule has 0 N–H and O–H groups in total. The van der Waals surface area contributed by atoms with Gasteiger partial charge in [-0.1, -0.05) is 52.3 Å². The van der Waals surface area contributed by atoms with E-state index in [0.717, 1.165) is 20.8 Å². The smallest absolute Gasteiger partial charge is 0.265 e. The van der Waals surface area contributed by atoms with E-state index < -0.39 is 0 Å². The fourth-order valence-corrected chi connectivity index (χ4v) is 3.39. The number of hydrogen-bond donors (Lipinski definition) is 0. The maximum absolute atomic E-state index is 13.2. The lowest BCUT2D eigenvalue weighted by Crippen LogP contribution is -2.28. The molecule has 0 aliphatic heterocycles. The van der Waals surface area contributed by atoms with Crippen LogP contribution >= 0.6 is 15.9 Å². The van der Waals surface area contributed by atoms with Crippen LogP contribution in [0.3, 0.4) is 0 Å². The normalized spacial score (nSPS) is 11.1.